The number of benzene rings is 3. The van der Waals surface area contributed by atoms with Gasteiger partial charge < -0.3 is 45.2 Å². The molecule has 21 heteroatoms. The van der Waals surface area contributed by atoms with Gasteiger partial charge in [0.05, 0.1) is 13.1 Å². The molecule has 84 heavy (non-hydrogen) atoms. The second-order valence-electron chi connectivity index (χ2n) is 23.1. The third-order valence-corrected chi connectivity index (χ3v) is 15.6. The lowest BCUT2D eigenvalue weighted by Gasteiger charge is -2.36. The number of cyclic esters (lactones) is 1. The van der Waals surface area contributed by atoms with Crippen LogP contribution in [-0.2, 0) is 60.7 Å². The fourth-order valence-electron chi connectivity index (χ4n) is 10.3. The maximum absolute atomic E-state index is 15.4. The molecule has 21 nitrogen and oxygen atoms in total. The molecule has 3 heterocycles. The highest BCUT2D eigenvalue weighted by molar-refractivity contribution is 5.98. The highest BCUT2D eigenvalue weighted by Crippen LogP contribution is 2.28. The van der Waals surface area contributed by atoms with Gasteiger partial charge in [-0.2, -0.15) is 4.91 Å². The second-order valence-corrected chi connectivity index (χ2v) is 23.1. The SMILES string of the molecule is CCC(C)C1NC(=O)C2CCCN2C(=O)C(Cc2cccc(-c3ccc4cnccc4c3)c2)N(C)C(=O)C(Cc2ccccc2)NC(=O)CN(C)C(=O)COC(=O)C(C(C)(C)N=O)N(C)C(=O)C(CC(C)C)NC(=O)CN(C)C1=O.CCCC. The van der Waals surface area contributed by atoms with Crippen LogP contribution in [0.3, 0.4) is 0 Å². The summed E-state index contributed by atoms with van der Waals surface area (Å²) < 4.78 is 5.43. The van der Waals surface area contributed by atoms with Crippen molar-refractivity contribution in [2.45, 2.75) is 149 Å². The molecule has 0 saturated carbocycles. The third-order valence-electron chi connectivity index (χ3n) is 15.6. The van der Waals surface area contributed by atoms with E-state index in [1.54, 1.807) is 63.5 Å². The van der Waals surface area contributed by atoms with Crippen molar-refractivity contribution in [3.63, 3.8) is 0 Å². The lowest BCUT2D eigenvalue weighted by molar-refractivity contribution is -0.161. The Morgan fingerprint density at radius 2 is 1.31 bits per heavy atom. The number of nitrogens with one attached hydrogen (secondary N) is 3. The van der Waals surface area contributed by atoms with Crippen LogP contribution in [0.2, 0.25) is 0 Å². The topological polar surface area (TPSA) is 257 Å². The monoisotopic (exact) mass is 1160 g/mol. The summed E-state index contributed by atoms with van der Waals surface area (Å²) in [5.41, 5.74) is 1.28. The Bertz CT molecular complexity index is 2970. The van der Waals surface area contributed by atoms with E-state index in [2.05, 4.69) is 40.0 Å². The molecule has 2 aliphatic rings. The number of esters is 1. The Hall–Kier alpha value is -8.10. The molecular formula is C63H86N10O11. The zero-order valence-electron chi connectivity index (χ0n) is 50.9. The second kappa shape index (κ2) is 31.0. The molecular weight excluding hydrogens is 1070 g/mol. The summed E-state index contributed by atoms with van der Waals surface area (Å²) in [6.07, 6.45) is 7.26. The van der Waals surface area contributed by atoms with E-state index in [1.165, 1.54) is 64.7 Å². The van der Waals surface area contributed by atoms with E-state index >= 15 is 9.59 Å². The maximum atomic E-state index is 15.4. The van der Waals surface area contributed by atoms with Crippen molar-refractivity contribution >= 4 is 64.0 Å². The van der Waals surface area contributed by atoms with Gasteiger partial charge in [-0.1, -0.05) is 133 Å². The van der Waals surface area contributed by atoms with E-state index in [0.717, 1.165) is 36.6 Å². The first-order valence-corrected chi connectivity index (χ1v) is 29.1. The molecule has 0 spiro atoms. The molecule has 3 aromatic carbocycles. The number of likely N-dealkylation sites (N-methyl/N-ethyl adjacent to an activating group) is 4. The Morgan fingerprint density at radius 3 is 1.95 bits per heavy atom. The zero-order valence-corrected chi connectivity index (χ0v) is 50.9. The first kappa shape index (κ1) is 66.7. The molecule has 2 saturated heterocycles. The summed E-state index contributed by atoms with van der Waals surface area (Å²) >= 11 is 0. The average molecular weight is 1160 g/mol. The normalized spacial score (nSPS) is 22.2. The lowest BCUT2D eigenvalue weighted by atomic mass is 9.93. The fraction of sp³-hybridized carbons (Fsp3) is 0.524. The van der Waals surface area contributed by atoms with Crippen LogP contribution in [0.4, 0.5) is 0 Å². The fourth-order valence-corrected chi connectivity index (χ4v) is 10.3. The molecule has 2 aliphatic heterocycles. The molecule has 7 atom stereocenters. The minimum absolute atomic E-state index is 0.0135. The highest BCUT2D eigenvalue weighted by atomic mass is 16.5. The summed E-state index contributed by atoms with van der Waals surface area (Å²) in [6, 6.07) is 16.6. The standard InChI is InChI=1S/C59H76N10O11.C4H10/c1-11-37(4)51-57(77)66(8)34-49(71)61-44(27-36(2)3)55(75)68(10)52(59(5,6)64-79)58(78)80-35-50(72)65(7)33-48(70)62-45(29-38-17-13-12-14-18-38)54(74)67(9)47(56(76)69-26-16-21-46(69)53(73)63-51)30-39-19-15-20-40(28-39)41-22-23-43-32-60-25-24-42(43)31-41;1-3-4-2/h12-15,17-20,22-25,28,31-32,36-37,44-47,51-52H,11,16,21,26-27,29-30,33-35H2,1-10H3,(H,61,71)(H,62,70)(H,63,73);3-4H2,1-2H3. The summed E-state index contributed by atoms with van der Waals surface area (Å²) in [5, 5.41) is 13.4. The molecule has 0 radical (unpaired) electrons. The number of amides is 8. The Kier molecular flexibility index (Phi) is 24.6. The van der Waals surface area contributed by atoms with Gasteiger partial charge in [0.2, 0.25) is 41.4 Å². The first-order valence-electron chi connectivity index (χ1n) is 29.1. The van der Waals surface area contributed by atoms with E-state index in [9.17, 15) is 38.5 Å². The third kappa shape index (κ3) is 17.7. The van der Waals surface area contributed by atoms with Crippen molar-refractivity contribution in [1.29, 1.82) is 0 Å². The average Bonchev–Trinajstić information content (AvgIpc) is 3.68. The van der Waals surface area contributed by atoms with Crippen molar-refractivity contribution in [1.82, 2.24) is 45.4 Å². The summed E-state index contributed by atoms with van der Waals surface area (Å²) in [7, 11) is 5.38. The summed E-state index contributed by atoms with van der Waals surface area (Å²) in [6.45, 7) is 12.3. The number of carbonyl (C=O) groups excluding carboxylic acids is 9. The van der Waals surface area contributed by atoms with Gasteiger partial charge in [-0.25, -0.2) is 4.79 Å². The van der Waals surface area contributed by atoms with Gasteiger partial charge >= 0.3 is 5.97 Å². The molecule has 0 aliphatic carbocycles. The van der Waals surface area contributed by atoms with Gasteiger partial charge in [-0.05, 0) is 84.7 Å². The largest absolute Gasteiger partial charge is 0.454 e. The van der Waals surface area contributed by atoms with Crippen LogP contribution < -0.4 is 16.0 Å². The number of nitrogens with zero attached hydrogens (tertiary/aromatic N) is 7. The minimum atomic E-state index is -1.82. The zero-order chi connectivity index (χ0) is 62.0. The van der Waals surface area contributed by atoms with Crippen LogP contribution in [0.1, 0.15) is 105 Å². The number of nitroso groups, excluding NO2 is 1. The molecule has 4 aromatic rings. The summed E-state index contributed by atoms with van der Waals surface area (Å²) in [5.74, 6) is -7.39. The molecule has 7 unspecified atom stereocenters. The molecule has 1 aromatic heterocycles. The van der Waals surface area contributed by atoms with Crippen LogP contribution in [-0.4, -0.2) is 179 Å². The van der Waals surface area contributed by atoms with Gasteiger partial charge in [0.1, 0.15) is 35.7 Å². The van der Waals surface area contributed by atoms with E-state index < -0.39 is 121 Å². The van der Waals surface area contributed by atoms with Crippen LogP contribution >= 0.6 is 0 Å². The molecule has 3 N–H and O–H groups in total. The van der Waals surface area contributed by atoms with Crippen LogP contribution in [0.5, 0.6) is 0 Å². The number of carbonyl (C=O) groups is 9. The number of unbranched alkanes of at least 4 members (excludes halogenated alkanes) is 1. The smallest absolute Gasteiger partial charge is 0.332 e. The number of aromatic nitrogens is 1. The van der Waals surface area contributed by atoms with Crippen LogP contribution in [0.25, 0.3) is 21.9 Å². The van der Waals surface area contributed by atoms with E-state index in [0.29, 0.717) is 24.0 Å². The van der Waals surface area contributed by atoms with E-state index in [-0.39, 0.29) is 38.1 Å². The van der Waals surface area contributed by atoms with Crippen molar-refractivity contribution < 1.29 is 47.9 Å². The number of ether oxygens (including phenoxy) is 1. The van der Waals surface area contributed by atoms with Gasteiger partial charge in [0.15, 0.2) is 12.6 Å². The predicted octanol–water partition coefficient (Wildman–Crippen LogP) is 5.70. The molecule has 8 amide bonds. The Labute approximate surface area is 493 Å². The Balaban J connectivity index is 0.00000312. The first-order chi connectivity index (χ1) is 39.8. The van der Waals surface area contributed by atoms with Gasteiger partial charge in [0, 0.05) is 65.4 Å². The van der Waals surface area contributed by atoms with Crippen molar-refractivity contribution in [2.75, 3.05) is 54.4 Å². The van der Waals surface area contributed by atoms with Gasteiger partial charge in [-0.15, -0.1) is 0 Å². The quantitative estimate of drug-likeness (QED) is 0.114. The number of pyridine rings is 1. The Morgan fingerprint density at radius 1 is 0.679 bits per heavy atom. The lowest BCUT2D eigenvalue weighted by Crippen LogP contribution is -2.60. The molecule has 6 rings (SSSR count). The summed E-state index contributed by atoms with van der Waals surface area (Å²) in [4.78, 5) is 152. The minimum Gasteiger partial charge on any atom is -0.454 e. The molecule has 0 bridgehead atoms. The number of hydrogen-bond acceptors (Lipinski definition) is 13. The van der Waals surface area contributed by atoms with Gasteiger partial charge in [0.25, 0.3) is 5.91 Å². The van der Waals surface area contributed by atoms with Crippen LogP contribution in [0.15, 0.2) is 96.4 Å². The highest BCUT2D eigenvalue weighted by Gasteiger charge is 2.46. The van der Waals surface area contributed by atoms with E-state index in [4.69, 9.17) is 4.74 Å². The van der Waals surface area contributed by atoms with Crippen molar-refractivity contribution in [3.05, 3.63) is 107 Å². The van der Waals surface area contributed by atoms with Crippen LogP contribution in [0, 0.1) is 16.7 Å². The number of fused-ring (bicyclic) bond motifs is 2. The van der Waals surface area contributed by atoms with E-state index in [1.807, 2.05) is 55.5 Å². The van der Waals surface area contributed by atoms with Crippen molar-refractivity contribution in [3.8, 4) is 11.1 Å². The van der Waals surface area contributed by atoms with Crippen molar-refractivity contribution in [2.24, 2.45) is 17.0 Å². The predicted molar refractivity (Wildman–Crippen MR) is 320 cm³/mol. The number of rotatable bonds is 12. The molecule has 454 valence electrons. The number of hydrogen-bond donors (Lipinski definition) is 3. The molecule has 2 fully saturated rings. The maximum Gasteiger partial charge on any atom is 0.332 e. The van der Waals surface area contributed by atoms with Gasteiger partial charge in [-0.3, -0.25) is 43.3 Å².